The van der Waals surface area contributed by atoms with Crippen molar-refractivity contribution in [3.8, 4) is 0 Å². The summed E-state index contributed by atoms with van der Waals surface area (Å²) in [5.41, 5.74) is 1.15. The van der Waals surface area contributed by atoms with Crippen molar-refractivity contribution in [2.24, 2.45) is 0 Å². The Morgan fingerprint density at radius 1 is 1.52 bits per heavy atom. The number of hydrogen-bond donors (Lipinski definition) is 1. The molecule has 1 aliphatic heterocycles. The zero-order valence-corrected chi connectivity index (χ0v) is 14.9. The van der Waals surface area contributed by atoms with Gasteiger partial charge in [-0.1, -0.05) is 28.1 Å². The van der Waals surface area contributed by atoms with E-state index in [4.69, 9.17) is 0 Å². The maximum atomic E-state index is 12.1. The zero-order chi connectivity index (χ0) is 15.5. The van der Waals surface area contributed by atoms with Crippen LogP contribution in [0, 0.1) is 0 Å². The highest BCUT2D eigenvalue weighted by molar-refractivity contribution is 9.10. The van der Waals surface area contributed by atoms with Crippen LogP contribution in [0.4, 0.5) is 0 Å². The van der Waals surface area contributed by atoms with Gasteiger partial charge in [-0.3, -0.25) is 4.79 Å². The van der Waals surface area contributed by atoms with Gasteiger partial charge in [0.05, 0.1) is 16.8 Å². The summed E-state index contributed by atoms with van der Waals surface area (Å²) in [6.07, 6.45) is 0.525. The minimum absolute atomic E-state index is 0.0712. The normalized spacial score (nSPS) is 21.9. The largest absolute Gasteiger partial charge is 0.351 e. The molecule has 1 fully saturated rings. The van der Waals surface area contributed by atoms with Crippen LogP contribution in [0.15, 0.2) is 28.7 Å². The number of nitrogens with one attached hydrogen (secondary N) is 1. The number of thioether (sulfide) groups is 1. The number of rotatable bonds is 5. The molecular formula is C14H18BrNO3S2. The number of amides is 1. The van der Waals surface area contributed by atoms with Crippen LogP contribution in [0.3, 0.4) is 0 Å². The molecule has 116 valence electrons. The number of halogens is 1. The van der Waals surface area contributed by atoms with Gasteiger partial charge in [0.1, 0.15) is 0 Å². The van der Waals surface area contributed by atoms with Crippen LogP contribution in [0.25, 0.3) is 0 Å². The van der Waals surface area contributed by atoms with Gasteiger partial charge in [0.15, 0.2) is 9.84 Å². The summed E-state index contributed by atoms with van der Waals surface area (Å²) < 4.78 is 23.8. The molecule has 0 bridgehead atoms. The highest BCUT2D eigenvalue weighted by atomic mass is 79.9. The minimum atomic E-state index is -2.95. The predicted molar refractivity (Wildman–Crippen MR) is 90.1 cm³/mol. The molecule has 1 heterocycles. The topological polar surface area (TPSA) is 63.2 Å². The van der Waals surface area contributed by atoms with E-state index in [9.17, 15) is 13.2 Å². The summed E-state index contributed by atoms with van der Waals surface area (Å²) in [5.74, 6) is 0.910. The zero-order valence-electron chi connectivity index (χ0n) is 11.7. The molecule has 2 atom stereocenters. The molecule has 1 saturated heterocycles. The van der Waals surface area contributed by atoms with Gasteiger partial charge in [-0.15, -0.1) is 11.8 Å². The Kier molecular flexibility index (Phi) is 5.73. The number of benzene rings is 1. The molecule has 2 rings (SSSR count). The molecule has 0 spiro atoms. The number of sulfone groups is 1. The van der Waals surface area contributed by atoms with Crippen molar-refractivity contribution in [2.75, 3.05) is 11.5 Å². The van der Waals surface area contributed by atoms with Crippen molar-refractivity contribution in [1.29, 1.82) is 0 Å². The number of carbonyl (C=O) groups is 1. The Labute approximate surface area is 138 Å². The Balaban J connectivity index is 1.80. The van der Waals surface area contributed by atoms with Crippen molar-refractivity contribution in [3.63, 3.8) is 0 Å². The van der Waals surface area contributed by atoms with E-state index < -0.39 is 9.84 Å². The smallest absolute Gasteiger partial charge is 0.233 e. The van der Waals surface area contributed by atoms with Gasteiger partial charge in [-0.05, 0) is 31.0 Å². The van der Waals surface area contributed by atoms with Crippen LogP contribution in [-0.2, 0) is 20.4 Å². The molecule has 4 nitrogen and oxygen atoms in total. The molecule has 1 aromatic rings. The number of hydrogen-bond acceptors (Lipinski definition) is 4. The fraction of sp³-hybridized carbons (Fsp3) is 0.500. The molecule has 1 amide bonds. The van der Waals surface area contributed by atoms with Crippen molar-refractivity contribution >= 4 is 43.4 Å². The Morgan fingerprint density at radius 2 is 2.29 bits per heavy atom. The molecule has 0 aliphatic carbocycles. The quantitative estimate of drug-likeness (QED) is 0.836. The highest BCUT2D eigenvalue weighted by Crippen LogP contribution is 2.21. The van der Waals surface area contributed by atoms with E-state index in [1.807, 2.05) is 31.2 Å². The first-order valence-electron chi connectivity index (χ1n) is 6.72. The first-order chi connectivity index (χ1) is 9.85. The van der Waals surface area contributed by atoms with Crippen molar-refractivity contribution < 1.29 is 13.2 Å². The molecule has 21 heavy (non-hydrogen) atoms. The van der Waals surface area contributed by atoms with Gasteiger partial charge in [0, 0.05) is 16.3 Å². The number of carbonyl (C=O) groups excluding carboxylic acids is 1. The summed E-state index contributed by atoms with van der Waals surface area (Å²) in [5, 5.41) is 2.63. The Morgan fingerprint density at radius 3 is 2.90 bits per heavy atom. The van der Waals surface area contributed by atoms with Gasteiger partial charge in [-0.2, -0.15) is 0 Å². The standard InChI is InChI=1S/C14H18BrNO3S2/c1-10(20-8-11-3-2-4-12(15)7-11)14(17)16-13-5-6-21(18,19)9-13/h2-4,7,10,13H,5-6,8-9H2,1H3,(H,16,17)/t10-,13+/m1/s1. The fourth-order valence-electron chi connectivity index (χ4n) is 2.15. The van der Waals surface area contributed by atoms with Crippen LogP contribution in [-0.4, -0.2) is 37.1 Å². The molecule has 1 aliphatic rings. The van der Waals surface area contributed by atoms with Gasteiger partial charge in [0.25, 0.3) is 0 Å². The minimum Gasteiger partial charge on any atom is -0.351 e. The van der Waals surface area contributed by atoms with Crippen LogP contribution < -0.4 is 5.32 Å². The maximum absolute atomic E-state index is 12.1. The summed E-state index contributed by atoms with van der Waals surface area (Å²) in [7, 11) is -2.95. The van der Waals surface area contributed by atoms with E-state index in [1.165, 1.54) is 0 Å². The van der Waals surface area contributed by atoms with Crippen molar-refractivity contribution in [3.05, 3.63) is 34.3 Å². The third-order valence-electron chi connectivity index (χ3n) is 3.34. The predicted octanol–water partition coefficient (Wildman–Crippen LogP) is 2.37. The van der Waals surface area contributed by atoms with Gasteiger partial charge in [0.2, 0.25) is 5.91 Å². The third-order valence-corrected chi connectivity index (χ3v) is 6.81. The van der Waals surface area contributed by atoms with Crippen LogP contribution >= 0.6 is 27.7 Å². The molecule has 0 saturated carbocycles. The molecule has 1 aromatic carbocycles. The second kappa shape index (κ2) is 7.15. The lowest BCUT2D eigenvalue weighted by Gasteiger charge is -2.15. The second-order valence-corrected chi connectivity index (χ2v) is 9.67. The summed E-state index contributed by atoms with van der Waals surface area (Å²) in [4.78, 5) is 12.1. The monoisotopic (exact) mass is 391 g/mol. The van der Waals surface area contributed by atoms with E-state index in [-0.39, 0.29) is 28.7 Å². The first kappa shape index (κ1) is 16.8. The van der Waals surface area contributed by atoms with Gasteiger partial charge >= 0.3 is 0 Å². The van der Waals surface area contributed by atoms with Crippen molar-refractivity contribution in [2.45, 2.75) is 30.4 Å². The van der Waals surface area contributed by atoms with Crippen LogP contribution in [0.1, 0.15) is 18.9 Å². The second-order valence-electron chi connectivity index (χ2n) is 5.19. The Hall–Kier alpha value is -0.530. The van der Waals surface area contributed by atoms with E-state index >= 15 is 0 Å². The Bertz CT molecular complexity index is 618. The fourth-order valence-corrected chi connectivity index (χ4v) is 5.11. The summed E-state index contributed by atoms with van der Waals surface area (Å²) in [6, 6.07) is 7.75. The molecular weight excluding hydrogens is 374 g/mol. The summed E-state index contributed by atoms with van der Waals surface area (Å²) in [6.45, 7) is 1.85. The maximum Gasteiger partial charge on any atom is 0.233 e. The average molecular weight is 392 g/mol. The molecule has 0 unspecified atom stereocenters. The SMILES string of the molecule is C[C@@H](SCc1cccc(Br)c1)C(=O)N[C@H]1CCS(=O)(=O)C1. The van der Waals surface area contributed by atoms with E-state index in [1.54, 1.807) is 11.8 Å². The average Bonchev–Trinajstić information content (AvgIpc) is 2.75. The van der Waals surface area contributed by atoms with Crippen LogP contribution in [0.2, 0.25) is 0 Å². The molecule has 1 N–H and O–H groups in total. The van der Waals surface area contributed by atoms with Crippen molar-refractivity contribution in [1.82, 2.24) is 5.32 Å². The van der Waals surface area contributed by atoms with E-state index in [0.29, 0.717) is 6.42 Å². The van der Waals surface area contributed by atoms with E-state index in [2.05, 4.69) is 21.2 Å². The lowest BCUT2D eigenvalue weighted by atomic mass is 10.2. The third kappa shape index (κ3) is 5.30. The summed E-state index contributed by atoms with van der Waals surface area (Å²) >= 11 is 4.97. The lowest BCUT2D eigenvalue weighted by molar-refractivity contribution is -0.120. The van der Waals surface area contributed by atoms with Crippen LogP contribution in [0.5, 0.6) is 0 Å². The van der Waals surface area contributed by atoms with Gasteiger partial charge in [-0.25, -0.2) is 8.42 Å². The molecule has 0 radical (unpaired) electrons. The molecule has 7 heteroatoms. The highest BCUT2D eigenvalue weighted by Gasteiger charge is 2.29. The molecule has 0 aromatic heterocycles. The lowest BCUT2D eigenvalue weighted by Crippen LogP contribution is -2.40. The van der Waals surface area contributed by atoms with E-state index in [0.717, 1.165) is 15.8 Å². The van der Waals surface area contributed by atoms with Gasteiger partial charge < -0.3 is 5.32 Å². The first-order valence-corrected chi connectivity index (χ1v) is 10.4.